The summed E-state index contributed by atoms with van der Waals surface area (Å²) >= 11 is 0. The van der Waals surface area contributed by atoms with Crippen molar-refractivity contribution < 1.29 is 81.8 Å². The molecule has 0 spiro atoms. The standard InChI is InChI=1S/C52H63F2N11O15/c1-52(2)30-79-15-14-64(52)50(75)48-38-29-80-41-21-40(78-3)36(20-37(41)49(38)65(59-48)35-18-32(53)17-33(54)19-35)31-16-34(23-55-22-31)57-43(67)24-56-42(66)5-4-39(51(76)77)58-44(68)25-60-6-8-61(26-45(69)70)10-12-63(28-47(73)74)13-11-62(9-7-60)27-46(71)72/h16-23,39H,4-15,24-30H2,1-3H3,(H,56,66)(H,57,67)(H,58,68)(H,69,70)(H,71,72)(H,73,74)(H,76,77)/t39-/m1/s1. The molecular formula is C52H63F2N11O15. The molecule has 4 aromatic rings. The van der Waals surface area contributed by atoms with Gasteiger partial charge in [-0.1, -0.05) is 0 Å². The van der Waals surface area contributed by atoms with E-state index in [1.165, 1.54) is 24.2 Å². The molecule has 4 amide bonds. The van der Waals surface area contributed by atoms with Gasteiger partial charge >= 0.3 is 23.9 Å². The number of carbonyl (C=O) groups is 8. The number of hydrogen-bond donors (Lipinski definition) is 7. The number of pyridine rings is 1. The number of carbonyl (C=O) groups excluding carboxylic acids is 4. The second kappa shape index (κ2) is 26.6. The predicted molar refractivity (Wildman–Crippen MR) is 278 cm³/mol. The van der Waals surface area contributed by atoms with E-state index in [9.17, 15) is 67.6 Å². The number of ether oxygens (including phenoxy) is 3. The molecule has 7 rings (SSSR count). The van der Waals surface area contributed by atoms with Crippen LogP contribution in [0.25, 0.3) is 28.1 Å². The molecule has 80 heavy (non-hydrogen) atoms. The first kappa shape index (κ1) is 59.5. The smallest absolute Gasteiger partial charge is 0.326 e. The maximum Gasteiger partial charge on any atom is 0.326 e. The van der Waals surface area contributed by atoms with Crippen LogP contribution < -0.4 is 25.4 Å². The number of amides is 4. The molecule has 2 saturated heterocycles. The maximum absolute atomic E-state index is 14.8. The van der Waals surface area contributed by atoms with Crippen molar-refractivity contribution in [2.24, 2.45) is 0 Å². The van der Waals surface area contributed by atoms with Gasteiger partial charge in [0, 0.05) is 106 Å². The van der Waals surface area contributed by atoms with Gasteiger partial charge in [0.25, 0.3) is 5.91 Å². The third-order valence-corrected chi connectivity index (χ3v) is 13.5. The van der Waals surface area contributed by atoms with Crippen molar-refractivity contribution in [1.82, 2.24) is 49.9 Å². The van der Waals surface area contributed by atoms with Gasteiger partial charge in [0.1, 0.15) is 35.8 Å². The van der Waals surface area contributed by atoms with Crippen LogP contribution >= 0.6 is 0 Å². The fourth-order valence-corrected chi connectivity index (χ4v) is 9.55. The number of aromatic nitrogens is 3. The van der Waals surface area contributed by atoms with Crippen LogP contribution in [0.4, 0.5) is 14.5 Å². The van der Waals surface area contributed by atoms with Crippen LogP contribution in [0, 0.1) is 11.6 Å². The van der Waals surface area contributed by atoms with E-state index in [0.29, 0.717) is 46.1 Å². The van der Waals surface area contributed by atoms with Crippen LogP contribution in [0.3, 0.4) is 0 Å². The topological polar surface area (TPSA) is 328 Å². The lowest BCUT2D eigenvalue weighted by Gasteiger charge is -2.41. The zero-order valence-electron chi connectivity index (χ0n) is 44.2. The summed E-state index contributed by atoms with van der Waals surface area (Å²) in [4.78, 5) is 113. The van der Waals surface area contributed by atoms with E-state index >= 15 is 0 Å². The summed E-state index contributed by atoms with van der Waals surface area (Å²) in [5.74, 6) is -8.51. The van der Waals surface area contributed by atoms with Crippen molar-refractivity contribution in [3.05, 3.63) is 71.7 Å². The average molecular weight is 1120 g/mol. The summed E-state index contributed by atoms with van der Waals surface area (Å²) in [5.41, 5.74) is 1.44. The van der Waals surface area contributed by atoms with Gasteiger partial charge in [0.05, 0.1) is 81.9 Å². The molecule has 7 N–H and O–H groups in total. The van der Waals surface area contributed by atoms with Gasteiger partial charge in [0.15, 0.2) is 5.69 Å². The van der Waals surface area contributed by atoms with Crippen molar-refractivity contribution in [3.63, 3.8) is 0 Å². The van der Waals surface area contributed by atoms with Gasteiger partial charge in [-0.2, -0.15) is 5.10 Å². The minimum atomic E-state index is -1.54. The van der Waals surface area contributed by atoms with E-state index in [-0.39, 0.29) is 122 Å². The number of benzene rings is 2. The van der Waals surface area contributed by atoms with Gasteiger partial charge in [-0.15, -0.1) is 0 Å². The Bertz CT molecular complexity index is 2940. The average Bonchev–Trinajstić information content (AvgIpc) is 3.90. The number of morpholine rings is 1. The highest BCUT2D eigenvalue weighted by Gasteiger charge is 2.40. The summed E-state index contributed by atoms with van der Waals surface area (Å²) in [5, 5.41) is 50.6. The fourth-order valence-electron chi connectivity index (χ4n) is 9.55. The Balaban J connectivity index is 0.992. The highest BCUT2D eigenvalue weighted by Crippen LogP contribution is 2.46. The van der Waals surface area contributed by atoms with Crippen LogP contribution in [0.2, 0.25) is 0 Å². The SMILES string of the molecule is COc1cc2c(cc1-c1cncc(NC(=O)CNC(=O)CC[C@@H](NC(=O)CN3CCN(CC(=O)O)CCN(CC(=O)O)CCN(CC(=O)O)CC3)C(=O)O)c1)-c1c(c(C(=O)N3CCOCC3(C)C)nn1-c1cc(F)cc(F)c1)CO2. The zero-order valence-corrected chi connectivity index (χ0v) is 44.2. The number of nitrogens with one attached hydrogen (secondary N) is 3. The molecule has 2 aromatic heterocycles. The van der Waals surface area contributed by atoms with E-state index in [2.05, 4.69) is 26.0 Å². The molecule has 430 valence electrons. The summed E-state index contributed by atoms with van der Waals surface area (Å²) in [6.07, 6.45) is 2.05. The lowest BCUT2D eigenvalue weighted by molar-refractivity contribution is -0.142. The first-order valence-corrected chi connectivity index (χ1v) is 25.5. The third kappa shape index (κ3) is 15.8. The van der Waals surface area contributed by atoms with Crippen molar-refractivity contribution in [2.75, 3.05) is 117 Å². The predicted octanol–water partition coefficient (Wildman–Crippen LogP) is 0.911. The zero-order chi connectivity index (χ0) is 57.8. The molecule has 2 aromatic carbocycles. The van der Waals surface area contributed by atoms with Gasteiger partial charge < -0.3 is 55.5 Å². The van der Waals surface area contributed by atoms with E-state index in [1.54, 1.807) is 42.7 Å². The molecule has 5 heterocycles. The van der Waals surface area contributed by atoms with Crippen LogP contribution in [0.5, 0.6) is 11.5 Å². The van der Waals surface area contributed by atoms with Crippen LogP contribution in [0.1, 0.15) is 42.7 Å². The number of nitrogens with zero attached hydrogens (tertiary/aromatic N) is 8. The van der Waals surface area contributed by atoms with Gasteiger partial charge in [0.2, 0.25) is 17.7 Å². The summed E-state index contributed by atoms with van der Waals surface area (Å²) < 4.78 is 48.5. The molecule has 28 heteroatoms. The van der Waals surface area contributed by atoms with E-state index in [1.807, 2.05) is 13.8 Å². The van der Waals surface area contributed by atoms with Gasteiger partial charge in [-0.3, -0.25) is 58.1 Å². The number of methoxy groups -OCH3 is 1. The molecule has 0 unspecified atom stereocenters. The molecule has 0 bridgehead atoms. The molecule has 0 aliphatic carbocycles. The Hall–Kier alpha value is -8.18. The molecule has 0 radical (unpaired) electrons. The second-order valence-electron chi connectivity index (χ2n) is 19.9. The third-order valence-electron chi connectivity index (χ3n) is 13.5. The summed E-state index contributed by atoms with van der Waals surface area (Å²) in [6.45, 7) is 3.52. The number of aliphatic carboxylic acids is 4. The first-order chi connectivity index (χ1) is 38.1. The van der Waals surface area contributed by atoms with Gasteiger partial charge in [-0.25, -0.2) is 18.3 Å². The lowest BCUT2D eigenvalue weighted by atomic mass is 9.95. The number of fused-ring (bicyclic) bond motifs is 3. The minimum absolute atomic E-state index is 0.00374. The monoisotopic (exact) mass is 1120 g/mol. The largest absolute Gasteiger partial charge is 0.496 e. The molecule has 0 saturated carbocycles. The number of carboxylic acid groups (broad SMARTS) is 4. The molecule has 3 aliphatic rings. The lowest BCUT2D eigenvalue weighted by Crippen LogP contribution is -2.55. The molecule has 2 fully saturated rings. The van der Waals surface area contributed by atoms with Crippen molar-refractivity contribution >= 4 is 53.2 Å². The van der Waals surface area contributed by atoms with E-state index in [4.69, 9.17) is 14.2 Å². The normalized spacial score (nSPS) is 16.8. The minimum Gasteiger partial charge on any atom is -0.496 e. The summed E-state index contributed by atoms with van der Waals surface area (Å²) in [6, 6.07) is 6.22. The van der Waals surface area contributed by atoms with E-state index in [0.717, 1.165) is 18.2 Å². The molecule has 1 atom stereocenters. The molecule has 26 nitrogen and oxygen atoms in total. The molecule has 3 aliphatic heterocycles. The Morgan fingerprint density at radius 3 is 1.86 bits per heavy atom. The Morgan fingerprint density at radius 2 is 1.31 bits per heavy atom. The number of halogens is 2. The van der Waals surface area contributed by atoms with E-state index < -0.39 is 83.7 Å². The number of anilines is 1. The quantitative estimate of drug-likeness (QED) is 0.0647. The Morgan fingerprint density at radius 1 is 0.725 bits per heavy atom. The highest BCUT2D eigenvalue weighted by atomic mass is 19.1. The summed E-state index contributed by atoms with van der Waals surface area (Å²) in [7, 11) is 1.43. The number of rotatable bonds is 20. The Kier molecular flexibility index (Phi) is 19.8. The van der Waals surface area contributed by atoms with Crippen molar-refractivity contribution in [3.8, 4) is 39.6 Å². The van der Waals surface area contributed by atoms with Crippen molar-refractivity contribution in [1.29, 1.82) is 0 Å². The second-order valence-corrected chi connectivity index (χ2v) is 19.9. The highest BCUT2D eigenvalue weighted by molar-refractivity contribution is 5.98. The fraction of sp³-hybridized carbons (Fsp3) is 0.462. The van der Waals surface area contributed by atoms with Gasteiger partial charge in [-0.05, 0) is 44.5 Å². The van der Waals surface area contributed by atoms with Crippen molar-refractivity contribution in [2.45, 2.75) is 44.9 Å². The van der Waals surface area contributed by atoms with Crippen LogP contribution in [0.15, 0.2) is 48.8 Å². The number of carboxylic acids is 4. The number of hydrogen-bond acceptors (Lipinski definition) is 17. The first-order valence-electron chi connectivity index (χ1n) is 25.5. The van der Waals surface area contributed by atoms with Crippen LogP contribution in [-0.2, 0) is 44.9 Å². The molecular weight excluding hydrogens is 1060 g/mol. The Labute approximate surface area is 457 Å². The maximum atomic E-state index is 14.8. The van der Waals surface area contributed by atoms with Crippen LogP contribution in [-0.4, -0.2) is 231 Å².